The Bertz CT molecular complexity index is 599. The van der Waals surface area contributed by atoms with Crippen molar-refractivity contribution in [2.75, 3.05) is 6.54 Å². The summed E-state index contributed by atoms with van der Waals surface area (Å²) in [7, 11) is 0. The number of hydrazine groups is 1. The van der Waals surface area contributed by atoms with E-state index in [1.54, 1.807) is 20.8 Å². The van der Waals surface area contributed by atoms with E-state index in [0.29, 0.717) is 10.0 Å². The second-order valence-electron chi connectivity index (χ2n) is 7.72. The van der Waals surface area contributed by atoms with Crippen LogP contribution in [0.15, 0.2) is 18.2 Å². The number of benzene rings is 1. The van der Waals surface area contributed by atoms with Gasteiger partial charge in [-0.25, -0.2) is 15.2 Å². The van der Waals surface area contributed by atoms with E-state index in [-0.39, 0.29) is 17.5 Å². The van der Waals surface area contributed by atoms with E-state index in [2.05, 4.69) is 5.43 Å². The highest BCUT2D eigenvalue weighted by atomic mass is 35.5. The van der Waals surface area contributed by atoms with Gasteiger partial charge >= 0.3 is 6.09 Å². The summed E-state index contributed by atoms with van der Waals surface area (Å²) in [5.74, 6) is -0.416. The van der Waals surface area contributed by atoms with Gasteiger partial charge in [-0.15, -0.1) is 0 Å². The molecular formula is C17H24Cl2N2O3. The van der Waals surface area contributed by atoms with Crippen molar-refractivity contribution in [1.82, 2.24) is 10.4 Å². The molecule has 0 saturated heterocycles. The Morgan fingerprint density at radius 1 is 1.04 bits per heavy atom. The van der Waals surface area contributed by atoms with Crippen molar-refractivity contribution in [3.8, 4) is 0 Å². The Balaban J connectivity index is 3.04. The average molecular weight is 375 g/mol. The van der Waals surface area contributed by atoms with E-state index in [4.69, 9.17) is 27.9 Å². The van der Waals surface area contributed by atoms with Crippen LogP contribution in [0.25, 0.3) is 0 Å². The molecular weight excluding hydrogens is 351 g/mol. The Morgan fingerprint density at radius 2 is 1.54 bits per heavy atom. The van der Waals surface area contributed by atoms with Gasteiger partial charge in [0.1, 0.15) is 5.60 Å². The molecule has 0 heterocycles. The molecule has 1 aromatic rings. The lowest BCUT2D eigenvalue weighted by Gasteiger charge is -2.31. The van der Waals surface area contributed by atoms with Crippen LogP contribution in [0.4, 0.5) is 4.79 Å². The fourth-order valence-corrected chi connectivity index (χ4v) is 2.41. The summed E-state index contributed by atoms with van der Waals surface area (Å²) in [6, 6.07) is 4.54. The summed E-state index contributed by atoms with van der Waals surface area (Å²) in [5.41, 5.74) is 1.88. The minimum Gasteiger partial charge on any atom is -0.443 e. The number of amides is 2. The van der Waals surface area contributed by atoms with Gasteiger partial charge in [-0.2, -0.15) is 0 Å². The normalized spacial score (nSPS) is 11.8. The van der Waals surface area contributed by atoms with Crippen molar-refractivity contribution < 1.29 is 14.3 Å². The number of nitrogens with one attached hydrogen (secondary N) is 1. The van der Waals surface area contributed by atoms with Crippen molar-refractivity contribution >= 4 is 35.2 Å². The van der Waals surface area contributed by atoms with Crippen molar-refractivity contribution in [3.05, 3.63) is 33.8 Å². The van der Waals surface area contributed by atoms with Crippen LogP contribution >= 0.6 is 23.2 Å². The summed E-state index contributed by atoms with van der Waals surface area (Å²) in [4.78, 5) is 24.8. The zero-order chi connectivity index (χ0) is 18.7. The summed E-state index contributed by atoms with van der Waals surface area (Å²) >= 11 is 11.9. The molecule has 0 aliphatic carbocycles. The highest BCUT2D eigenvalue weighted by molar-refractivity contribution is 6.35. The number of halogens is 2. The molecule has 0 fully saturated rings. The predicted octanol–water partition coefficient (Wildman–Crippen LogP) is 4.92. The maximum atomic E-state index is 12.8. The second kappa shape index (κ2) is 7.62. The molecule has 5 nitrogen and oxygen atoms in total. The van der Waals surface area contributed by atoms with E-state index in [9.17, 15) is 9.59 Å². The Hall–Kier alpha value is -1.46. The van der Waals surface area contributed by atoms with Gasteiger partial charge in [0.2, 0.25) is 0 Å². The Kier molecular flexibility index (Phi) is 6.53. The van der Waals surface area contributed by atoms with Crippen molar-refractivity contribution in [2.24, 2.45) is 5.41 Å². The molecule has 0 radical (unpaired) electrons. The molecule has 0 unspecified atom stereocenters. The monoisotopic (exact) mass is 374 g/mol. The minimum absolute atomic E-state index is 0.243. The number of ether oxygens (including phenoxy) is 1. The zero-order valence-corrected chi connectivity index (χ0v) is 16.4. The van der Waals surface area contributed by atoms with Crippen LogP contribution in [0.5, 0.6) is 0 Å². The molecule has 1 rings (SSSR count). The van der Waals surface area contributed by atoms with Gasteiger partial charge in [0, 0.05) is 22.2 Å². The first-order valence-electron chi connectivity index (χ1n) is 7.54. The molecule has 1 aromatic carbocycles. The third kappa shape index (κ3) is 7.41. The lowest BCUT2D eigenvalue weighted by atomic mass is 9.96. The summed E-state index contributed by atoms with van der Waals surface area (Å²) < 4.78 is 5.22. The minimum atomic E-state index is -0.701. The maximum Gasteiger partial charge on any atom is 0.426 e. The fourth-order valence-electron chi connectivity index (χ4n) is 1.88. The number of rotatable bonds is 2. The number of carbonyl (C=O) groups is 2. The number of carbonyl (C=O) groups excluding carboxylic acids is 2. The molecule has 7 heteroatoms. The standard InChI is InChI=1S/C17H24Cl2N2O3/c1-16(2,3)10-21(20-15(23)24-17(4,5)6)14(22)11-7-12(18)9-13(19)8-11/h7-9H,10H2,1-6H3,(H,20,23). The van der Waals surface area contributed by atoms with Crippen LogP contribution in [-0.2, 0) is 4.74 Å². The SMILES string of the molecule is CC(C)(C)CN(NC(=O)OC(C)(C)C)C(=O)c1cc(Cl)cc(Cl)c1. The molecule has 134 valence electrons. The molecule has 0 bridgehead atoms. The van der Waals surface area contributed by atoms with Crippen LogP contribution < -0.4 is 5.43 Å². The van der Waals surface area contributed by atoms with Crippen LogP contribution in [0.3, 0.4) is 0 Å². The molecule has 0 atom stereocenters. The van der Waals surface area contributed by atoms with Gasteiger partial charge in [-0.1, -0.05) is 44.0 Å². The molecule has 2 amide bonds. The van der Waals surface area contributed by atoms with E-state index in [1.165, 1.54) is 23.2 Å². The summed E-state index contributed by atoms with van der Waals surface area (Å²) in [5, 5.41) is 1.91. The first kappa shape index (κ1) is 20.6. The number of hydrogen-bond acceptors (Lipinski definition) is 3. The Labute approximate surface area is 153 Å². The third-order valence-corrected chi connectivity index (χ3v) is 3.05. The van der Waals surface area contributed by atoms with Gasteiger partial charge in [0.05, 0.1) is 0 Å². The first-order chi connectivity index (χ1) is 10.8. The topological polar surface area (TPSA) is 58.6 Å². The third-order valence-electron chi connectivity index (χ3n) is 2.61. The van der Waals surface area contributed by atoms with Gasteiger partial charge in [-0.3, -0.25) is 4.79 Å². The van der Waals surface area contributed by atoms with Crippen LogP contribution in [0.1, 0.15) is 51.9 Å². The van der Waals surface area contributed by atoms with Crippen molar-refractivity contribution in [2.45, 2.75) is 47.1 Å². The van der Waals surface area contributed by atoms with Crippen molar-refractivity contribution in [3.63, 3.8) is 0 Å². The number of hydrogen-bond donors (Lipinski definition) is 1. The molecule has 0 aliphatic rings. The fraction of sp³-hybridized carbons (Fsp3) is 0.529. The van der Waals surface area contributed by atoms with Gasteiger partial charge in [0.15, 0.2) is 0 Å². The molecule has 0 aliphatic heterocycles. The predicted molar refractivity (Wildman–Crippen MR) is 96.3 cm³/mol. The molecule has 0 aromatic heterocycles. The van der Waals surface area contributed by atoms with E-state index >= 15 is 0 Å². The van der Waals surface area contributed by atoms with E-state index in [0.717, 1.165) is 0 Å². The summed E-state index contributed by atoms with van der Waals surface area (Å²) in [6.07, 6.45) is -0.701. The average Bonchev–Trinajstić information content (AvgIpc) is 2.31. The number of nitrogens with zero attached hydrogens (tertiary/aromatic N) is 1. The van der Waals surface area contributed by atoms with E-state index in [1.807, 2.05) is 20.8 Å². The van der Waals surface area contributed by atoms with Crippen LogP contribution in [0.2, 0.25) is 10.0 Å². The largest absolute Gasteiger partial charge is 0.443 e. The van der Waals surface area contributed by atoms with Gasteiger partial charge in [0.25, 0.3) is 5.91 Å². The highest BCUT2D eigenvalue weighted by Crippen LogP contribution is 2.22. The van der Waals surface area contributed by atoms with Crippen molar-refractivity contribution in [1.29, 1.82) is 0 Å². The van der Waals surface area contributed by atoms with Crippen LogP contribution in [0, 0.1) is 5.41 Å². The molecule has 24 heavy (non-hydrogen) atoms. The lowest BCUT2D eigenvalue weighted by molar-refractivity contribution is 0.0242. The molecule has 0 saturated carbocycles. The summed E-state index contributed by atoms with van der Waals surface area (Å²) in [6.45, 7) is 11.4. The lowest BCUT2D eigenvalue weighted by Crippen LogP contribution is -2.51. The van der Waals surface area contributed by atoms with E-state index < -0.39 is 17.6 Å². The zero-order valence-electron chi connectivity index (χ0n) is 14.9. The molecule has 0 spiro atoms. The smallest absolute Gasteiger partial charge is 0.426 e. The maximum absolute atomic E-state index is 12.8. The highest BCUT2D eigenvalue weighted by Gasteiger charge is 2.26. The Morgan fingerprint density at radius 3 is 1.96 bits per heavy atom. The van der Waals surface area contributed by atoms with Gasteiger partial charge in [-0.05, 0) is 44.4 Å². The van der Waals surface area contributed by atoms with Crippen LogP contribution in [-0.4, -0.2) is 29.2 Å². The van der Waals surface area contributed by atoms with Gasteiger partial charge < -0.3 is 4.74 Å². The second-order valence-corrected chi connectivity index (χ2v) is 8.60. The quantitative estimate of drug-likeness (QED) is 0.747. The molecule has 1 N–H and O–H groups in total. The first-order valence-corrected chi connectivity index (χ1v) is 8.30.